The predicted molar refractivity (Wildman–Crippen MR) is 109 cm³/mol. The first-order chi connectivity index (χ1) is 14.2. The number of hydrogen-bond donors (Lipinski definition) is 0. The van der Waals surface area contributed by atoms with Crippen molar-refractivity contribution in [2.24, 2.45) is 0 Å². The number of carbonyl (C=O) groups is 1. The molecule has 0 aliphatic carbocycles. The van der Waals surface area contributed by atoms with Crippen LogP contribution < -0.4 is 9.64 Å². The molecule has 2 aliphatic heterocycles. The Kier molecular flexibility index (Phi) is 4.42. The highest BCUT2D eigenvalue weighted by Gasteiger charge is 2.31. The van der Waals surface area contributed by atoms with E-state index < -0.39 is 0 Å². The molecule has 0 spiro atoms. The summed E-state index contributed by atoms with van der Waals surface area (Å²) in [6.07, 6.45) is 6.09. The third-order valence-electron chi connectivity index (χ3n) is 5.63. The van der Waals surface area contributed by atoms with Gasteiger partial charge in [-0.3, -0.25) is 4.79 Å². The maximum atomic E-state index is 12.9. The van der Waals surface area contributed by atoms with E-state index in [4.69, 9.17) is 4.74 Å². The minimum atomic E-state index is -0.00111. The molecule has 0 N–H and O–H groups in total. The average Bonchev–Trinajstić information content (AvgIpc) is 3.48. The van der Waals surface area contributed by atoms with Crippen LogP contribution in [0.4, 0.5) is 5.82 Å². The number of carbonyl (C=O) groups excluding carboxylic acids is 1. The second-order valence-corrected chi connectivity index (χ2v) is 7.48. The number of aromatic nitrogens is 3. The molecule has 29 heavy (non-hydrogen) atoms. The minimum Gasteiger partial charge on any atom is -0.496 e. The van der Waals surface area contributed by atoms with Crippen LogP contribution in [0.1, 0.15) is 34.5 Å². The summed E-state index contributed by atoms with van der Waals surface area (Å²) in [6.45, 7) is 3.14. The first-order valence-corrected chi connectivity index (χ1v) is 9.94. The summed E-state index contributed by atoms with van der Waals surface area (Å²) < 4.78 is 7.16. The van der Waals surface area contributed by atoms with Gasteiger partial charge in [-0.1, -0.05) is 18.2 Å². The monoisotopic (exact) mass is 389 g/mol. The largest absolute Gasteiger partial charge is 0.496 e. The first-order valence-electron chi connectivity index (χ1n) is 9.94. The van der Waals surface area contributed by atoms with Gasteiger partial charge >= 0.3 is 0 Å². The molecule has 0 bridgehead atoms. The molecule has 4 heterocycles. The number of methoxy groups -OCH3 is 1. The van der Waals surface area contributed by atoms with E-state index in [-0.39, 0.29) is 5.91 Å². The average molecular weight is 389 g/mol. The third kappa shape index (κ3) is 3.22. The van der Waals surface area contributed by atoms with Gasteiger partial charge in [0.25, 0.3) is 5.91 Å². The molecule has 1 fully saturated rings. The fraction of sp³-hybridized carbons (Fsp3) is 0.318. The van der Waals surface area contributed by atoms with Crippen molar-refractivity contribution in [1.82, 2.24) is 19.7 Å². The number of ether oxygens (including phenoxy) is 1. The zero-order valence-electron chi connectivity index (χ0n) is 16.4. The lowest BCUT2D eigenvalue weighted by atomic mass is 10.2. The van der Waals surface area contributed by atoms with Crippen LogP contribution in [0.2, 0.25) is 0 Å². The summed E-state index contributed by atoms with van der Waals surface area (Å²) in [6, 6.07) is 11.8. The Bertz CT molecular complexity index is 1040. The lowest BCUT2D eigenvalue weighted by Crippen LogP contribution is -2.24. The van der Waals surface area contributed by atoms with E-state index in [1.165, 1.54) is 12.8 Å². The molecule has 2 aromatic heterocycles. The molecule has 148 valence electrons. The Labute approximate surface area is 169 Å². The molecule has 7 heteroatoms. The molecule has 2 aliphatic rings. The van der Waals surface area contributed by atoms with E-state index in [9.17, 15) is 4.79 Å². The van der Waals surface area contributed by atoms with Gasteiger partial charge in [-0.25, -0.2) is 9.67 Å². The summed E-state index contributed by atoms with van der Waals surface area (Å²) in [5.74, 6) is 1.79. The number of hydrogen-bond acceptors (Lipinski definition) is 5. The molecular formula is C22H23N5O2. The van der Waals surface area contributed by atoms with Crippen LogP contribution in [0.5, 0.6) is 5.75 Å². The van der Waals surface area contributed by atoms with E-state index in [0.717, 1.165) is 41.6 Å². The van der Waals surface area contributed by atoms with Gasteiger partial charge in [-0.15, -0.1) is 0 Å². The summed E-state index contributed by atoms with van der Waals surface area (Å²) in [4.78, 5) is 21.6. The van der Waals surface area contributed by atoms with Gasteiger partial charge in [-0.2, -0.15) is 5.10 Å². The molecule has 0 saturated carbocycles. The number of pyridine rings is 1. The standard InChI is InChI=1S/C22H23N5O2/c1-29-20-7-3-2-6-16(20)13-26-15-19-18(22(26)28)14-27(24-19)17-8-9-21(23-12-17)25-10-4-5-11-25/h2-3,6-9,12,14H,4-5,10-11,13,15H2,1H3. The number of benzene rings is 1. The van der Waals surface area contributed by atoms with Crippen molar-refractivity contribution < 1.29 is 9.53 Å². The summed E-state index contributed by atoms with van der Waals surface area (Å²) in [5.41, 5.74) is 3.31. The van der Waals surface area contributed by atoms with Crippen LogP contribution >= 0.6 is 0 Å². The predicted octanol–water partition coefficient (Wildman–Crippen LogP) is 3.03. The Balaban J connectivity index is 1.33. The van der Waals surface area contributed by atoms with Crippen LogP contribution in [0.3, 0.4) is 0 Å². The smallest absolute Gasteiger partial charge is 0.258 e. The molecular weight excluding hydrogens is 366 g/mol. The zero-order chi connectivity index (χ0) is 19.8. The van der Waals surface area contributed by atoms with Gasteiger partial charge in [0.15, 0.2) is 0 Å². The van der Waals surface area contributed by atoms with Crippen molar-refractivity contribution in [3.05, 3.63) is 65.6 Å². The summed E-state index contributed by atoms with van der Waals surface area (Å²) in [7, 11) is 1.65. The molecule has 1 saturated heterocycles. The normalized spacial score (nSPS) is 15.8. The van der Waals surface area contributed by atoms with E-state index in [1.54, 1.807) is 16.7 Å². The number of para-hydroxylation sites is 1. The molecule has 7 nitrogen and oxygen atoms in total. The Morgan fingerprint density at radius 1 is 1.10 bits per heavy atom. The van der Waals surface area contributed by atoms with Gasteiger partial charge in [0.05, 0.1) is 43.3 Å². The molecule has 1 aromatic carbocycles. The van der Waals surface area contributed by atoms with Crippen LogP contribution in [-0.4, -0.2) is 45.8 Å². The Morgan fingerprint density at radius 3 is 2.66 bits per heavy atom. The number of rotatable bonds is 5. The van der Waals surface area contributed by atoms with Crippen LogP contribution in [0.15, 0.2) is 48.8 Å². The second-order valence-electron chi connectivity index (χ2n) is 7.48. The third-order valence-corrected chi connectivity index (χ3v) is 5.63. The van der Waals surface area contributed by atoms with E-state index >= 15 is 0 Å². The van der Waals surface area contributed by atoms with Crippen molar-refractivity contribution in [3.8, 4) is 11.4 Å². The molecule has 1 amide bonds. The highest BCUT2D eigenvalue weighted by molar-refractivity contribution is 5.97. The second kappa shape index (κ2) is 7.24. The van der Waals surface area contributed by atoms with Gasteiger partial charge in [0, 0.05) is 24.8 Å². The van der Waals surface area contributed by atoms with Crippen LogP contribution in [-0.2, 0) is 13.1 Å². The quantitative estimate of drug-likeness (QED) is 0.671. The zero-order valence-corrected chi connectivity index (χ0v) is 16.4. The van der Waals surface area contributed by atoms with Gasteiger partial charge in [-0.05, 0) is 31.0 Å². The topological polar surface area (TPSA) is 63.5 Å². The number of anilines is 1. The highest BCUT2D eigenvalue weighted by Crippen LogP contribution is 2.27. The number of fused-ring (bicyclic) bond motifs is 1. The van der Waals surface area contributed by atoms with E-state index in [2.05, 4.69) is 15.0 Å². The highest BCUT2D eigenvalue weighted by atomic mass is 16.5. The number of nitrogens with zero attached hydrogens (tertiary/aromatic N) is 5. The van der Waals surface area contributed by atoms with Gasteiger partial charge < -0.3 is 14.5 Å². The maximum Gasteiger partial charge on any atom is 0.258 e. The summed E-state index contributed by atoms with van der Waals surface area (Å²) >= 11 is 0. The van der Waals surface area contributed by atoms with Gasteiger partial charge in [0.2, 0.25) is 0 Å². The molecule has 3 aromatic rings. The first kappa shape index (κ1) is 17.7. The van der Waals surface area contributed by atoms with Crippen molar-refractivity contribution >= 4 is 11.7 Å². The molecule has 0 radical (unpaired) electrons. The number of amides is 1. The Morgan fingerprint density at radius 2 is 1.93 bits per heavy atom. The van der Waals surface area contributed by atoms with Crippen molar-refractivity contribution in [3.63, 3.8) is 0 Å². The molecule has 0 unspecified atom stereocenters. The maximum absolute atomic E-state index is 12.9. The van der Waals surface area contributed by atoms with Crippen molar-refractivity contribution in [1.29, 1.82) is 0 Å². The van der Waals surface area contributed by atoms with E-state index in [1.807, 2.05) is 48.8 Å². The van der Waals surface area contributed by atoms with Crippen molar-refractivity contribution in [2.45, 2.75) is 25.9 Å². The van der Waals surface area contributed by atoms with Gasteiger partial charge in [0.1, 0.15) is 11.6 Å². The van der Waals surface area contributed by atoms with Crippen LogP contribution in [0, 0.1) is 0 Å². The lowest BCUT2D eigenvalue weighted by Gasteiger charge is -2.18. The van der Waals surface area contributed by atoms with Crippen molar-refractivity contribution in [2.75, 3.05) is 25.1 Å². The molecule has 5 rings (SSSR count). The fourth-order valence-electron chi connectivity index (χ4n) is 4.07. The fourth-order valence-corrected chi connectivity index (χ4v) is 4.07. The summed E-state index contributed by atoms with van der Waals surface area (Å²) in [5, 5.41) is 4.64. The lowest BCUT2D eigenvalue weighted by molar-refractivity contribution is 0.0763. The van der Waals surface area contributed by atoms with Crippen LogP contribution in [0.25, 0.3) is 5.69 Å². The van der Waals surface area contributed by atoms with E-state index in [0.29, 0.717) is 18.7 Å². The SMILES string of the molecule is COc1ccccc1CN1Cc2nn(-c3ccc(N4CCCC4)nc3)cc2C1=O. The Hall–Kier alpha value is -3.35. The minimum absolute atomic E-state index is 0.00111. The molecule has 0 atom stereocenters.